The van der Waals surface area contributed by atoms with Crippen LogP contribution in [0, 0.1) is 0 Å². The van der Waals surface area contributed by atoms with E-state index in [0.717, 1.165) is 49.6 Å². The zero-order chi connectivity index (χ0) is 21.5. The van der Waals surface area contributed by atoms with Crippen LogP contribution in [0.4, 0.5) is 11.4 Å². The highest BCUT2D eigenvalue weighted by atomic mass is 16.5. The number of carbonyl (C=O) groups excluding carboxylic acids is 1. The van der Waals surface area contributed by atoms with Crippen molar-refractivity contribution in [2.45, 2.75) is 6.42 Å². The lowest BCUT2D eigenvalue weighted by molar-refractivity contribution is -0.892. The van der Waals surface area contributed by atoms with Crippen LogP contribution in [0.3, 0.4) is 0 Å². The number of anilines is 2. The van der Waals surface area contributed by atoms with Crippen molar-refractivity contribution in [3.63, 3.8) is 0 Å². The fraction of sp³-hybridized carbons (Fsp3) is 0.269. The maximum atomic E-state index is 12.8. The number of carbonyl (C=O) groups is 1. The van der Waals surface area contributed by atoms with Crippen LogP contribution in [0.25, 0.3) is 0 Å². The highest BCUT2D eigenvalue weighted by Gasteiger charge is 2.23. The molecular formula is C26H30N3O2+. The molecule has 4 rings (SSSR count). The number of quaternary nitrogens is 1. The molecule has 0 spiro atoms. The maximum absolute atomic E-state index is 12.8. The number of rotatable bonds is 7. The summed E-state index contributed by atoms with van der Waals surface area (Å²) < 4.78 is 5.34. The van der Waals surface area contributed by atoms with Crippen molar-refractivity contribution >= 4 is 17.3 Å². The Morgan fingerprint density at radius 1 is 0.968 bits per heavy atom. The number of para-hydroxylation sites is 1. The molecule has 0 unspecified atom stereocenters. The Morgan fingerprint density at radius 3 is 2.48 bits per heavy atom. The largest absolute Gasteiger partial charge is 0.497 e. The van der Waals surface area contributed by atoms with Gasteiger partial charge in [-0.2, -0.15) is 0 Å². The summed E-state index contributed by atoms with van der Waals surface area (Å²) in [6, 6.07) is 26.6. The minimum atomic E-state index is 0.0744. The molecule has 1 heterocycles. The average Bonchev–Trinajstić information content (AvgIpc) is 2.81. The van der Waals surface area contributed by atoms with E-state index >= 15 is 0 Å². The number of amides is 1. The van der Waals surface area contributed by atoms with Gasteiger partial charge in [0, 0.05) is 17.4 Å². The van der Waals surface area contributed by atoms with Gasteiger partial charge in [0.25, 0.3) is 5.91 Å². The topological polar surface area (TPSA) is 46.0 Å². The van der Waals surface area contributed by atoms with Gasteiger partial charge in [-0.3, -0.25) is 4.79 Å². The van der Waals surface area contributed by atoms with E-state index in [1.165, 1.54) is 16.2 Å². The first-order valence-corrected chi connectivity index (χ1v) is 10.9. The third-order valence-electron chi connectivity index (χ3n) is 5.83. The predicted octanol–water partition coefficient (Wildman–Crippen LogP) is 2.63. The molecule has 0 aliphatic carbocycles. The fourth-order valence-electron chi connectivity index (χ4n) is 4.10. The maximum Gasteiger partial charge on any atom is 0.279 e. The Bertz CT molecular complexity index is 998. The van der Waals surface area contributed by atoms with E-state index in [9.17, 15) is 4.79 Å². The third-order valence-corrected chi connectivity index (χ3v) is 5.83. The quantitative estimate of drug-likeness (QED) is 0.623. The minimum absolute atomic E-state index is 0.0744. The molecule has 0 radical (unpaired) electrons. The van der Waals surface area contributed by atoms with Gasteiger partial charge < -0.3 is 19.9 Å². The number of hydrogen-bond acceptors (Lipinski definition) is 3. The molecule has 5 nitrogen and oxygen atoms in total. The van der Waals surface area contributed by atoms with Gasteiger partial charge in [0.05, 0.1) is 33.3 Å². The van der Waals surface area contributed by atoms with Gasteiger partial charge in [0.15, 0.2) is 6.54 Å². The van der Waals surface area contributed by atoms with E-state index in [2.05, 4.69) is 40.5 Å². The van der Waals surface area contributed by atoms with Crippen molar-refractivity contribution < 1.29 is 14.4 Å². The van der Waals surface area contributed by atoms with Crippen molar-refractivity contribution in [1.82, 2.24) is 0 Å². The van der Waals surface area contributed by atoms with E-state index in [0.29, 0.717) is 6.54 Å². The summed E-state index contributed by atoms with van der Waals surface area (Å²) in [7, 11) is 1.69. The van der Waals surface area contributed by atoms with Crippen LogP contribution in [0.2, 0.25) is 0 Å². The van der Waals surface area contributed by atoms with Gasteiger partial charge in [-0.25, -0.2) is 0 Å². The molecule has 0 atom stereocenters. The summed E-state index contributed by atoms with van der Waals surface area (Å²) in [5.41, 5.74) is 4.46. The van der Waals surface area contributed by atoms with Crippen molar-refractivity contribution in [3.8, 4) is 5.75 Å². The highest BCUT2D eigenvalue weighted by Crippen LogP contribution is 2.21. The molecule has 1 aliphatic heterocycles. The van der Waals surface area contributed by atoms with E-state index in [1.807, 2.05) is 48.5 Å². The molecule has 5 heteroatoms. The molecule has 1 fully saturated rings. The van der Waals surface area contributed by atoms with Gasteiger partial charge >= 0.3 is 0 Å². The predicted molar refractivity (Wildman–Crippen MR) is 125 cm³/mol. The normalized spacial score (nSPS) is 14.3. The second-order valence-corrected chi connectivity index (χ2v) is 7.98. The van der Waals surface area contributed by atoms with Gasteiger partial charge in [0.1, 0.15) is 5.75 Å². The van der Waals surface area contributed by atoms with Crippen LogP contribution in [0.15, 0.2) is 78.9 Å². The molecule has 0 aromatic heterocycles. The molecule has 1 aliphatic rings. The highest BCUT2D eigenvalue weighted by molar-refractivity contribution is 5.92. The summed E-state index contributed by atoms with van der Waals surface area (Å²) in [6.45, 7) is 4.24. The van der Waals surface area contributed by atoms with E-state index in [-0.39, 0.29) is 5.91 Å². The molecule has 3 aromatic rings. The number of piperazine rings is 1. The standard InChI is InChI=1S/C26H29N3O2/c1-31-24-12-7-11-23(19-24)29-16-14-28(15-17-29)20-26(30)27-25-13-6-5-10-22(25)18-21-8-3-2-4-9-21/h2-13,19H,14-18,20H2,1H3,(H,27,30)/p+1. The summed E-state index contributed by atoms with van der Waals surface area (Å²) in [5.74, 6) is 0.950. The molecule has 3 aromatic carbocycles. The SMILES string of the molecule is COc1cccc(N2CC[NH+](CC(=O)Nc3ccccc3Cc3ccccc3)CC2)c1. The van der Waals surface area contributed by atoms with Crippen LogP contribution < -0.4 is 19.9 Å². The lowest BCUT2D eigenvalue weighted by Crippen LogP contribution is -3.15. The lowest BCUT2D eigenvalue weighted by Gasteiger charge is -2.33. The van der Waals surface area contributed by atoms with Crippen LogP contribution >= 0.6 is 0 Å². The van der Waals surface area contributed by atoms with Gasteiger partial charge in [-0.1, -0.05) is 54.6 Å². The molecule has 0 saturated carbocycles. The summed E-state index contributed by atoms with van der Waals surface area (Å²) in [4.78, 5) is 16.4. The van der Waals surface area contributed by atoms with Crippen LogP contribution in [-0.2, 0) is 11.2 Å². The van der Waals surface area contributed by atoms with Crippen molar-refractivity contribution in [2.75, 3.05) is 50.1 Å². The number of hydrogen-bond donors (Lipinski definition) is 2. The number of nitrogens with one attached hydrogen (secondary N) is 2. The molecule has 31 heavy (non-hydrogen) atoms. The molecule has 160 valence electrons. The number of benzene rings is 3. The monoisotopic (exact) mass is 416 g/mol. The molecule has 0 bridgehead atoms. The zero-order valence-corrected chi connectivity index (χ0v) is 18.0. The summed E-state index contributed by atoms with van der Waals surface area (Å²) in [6.07, 6.45) is 0.809. The summed E-state index contributed by atoms with van der Waals surface area (Å²) >= 11 is 0. The van der Waals surface area contributed by atoms with Gasteiger partial charge in [-0.05, 0) is 35.7 Å². The molecule has 1 amide bonds. The second kappa shape index (κ2) is 10.1. The zero-order valence-electron chi connectivity index (χ0n) is 18.0. The van der Waals surface area contributed by atoms with Crippen molar-refractivity contribution in [3.05, 3.63) is 90.0 Å². The number of ether oxygens (including phenoxy) is 1. The van der Waals surface area contributed by atoms with Crippen LogP contribution in [0.1, 0.15) is 11.1 Å². The van der Waals surface area contributed by atoms with Gasteiger partial charge in [-0.15, -0.1) is 0 Å². The first-order chi connectivity index (χ1) is 15.2. The average molecular weight is 417 g/mol. The third kappa shape index (κ3) is 5.64. The Kier molecular flexibility index (Phi) is 6.85. The van der Waals surface area contributed by atoms with E-state index in [4.69, 9.17) is 4.74 Å². The minimum Gasteiger partial charge on any atom is -0.497 e. The van der Waals surface area contributed by atoms with Crippen molar-refractivity contribution in [1.29, 1.82) is 0 Å². The van der Waals surface area contributed by atoms with Crippen LogP contribution in [-0.4, -0.2) is 45.7 Å². The summed E-state index contributed by atoms with van der Waals surface area (Å²) in [5, 5.41) is 3.15. The van der Waals surface area contributed by atoms with Crippen molar-refractivity contribution in [2.24, 2.45) is 0 Å². The number of methoxy groups -OCH3 is 1. The first kappa shape index (κ1) is 20.9. The van der Waals surface area contributed by atoms with E-state index in [1.54, 1.807) is 7.11 Å². The molecule has 2 N–H and O–H groups in total. The van der Waals surface area contributed by atoms with E-state index < -0.39 is 0 Å². The van der Waals surface area contributed by atoms with Crippen LogP contribution in [0.5, 0.6) is 5.75 Å². The Labute approximate surface area is 184 Å². The molecule has 1 saturated heterocycles. The fourth-order valence-corrected chi connectivity index (χ4v) is 4.10. The van der Waals surface area contributed by atoms with Gasteiger partial charge in [0.2, 0.25) is 0 Å². The Morgan fingerprint density at radius 2 is 1.71 bits per heavy atom. The number of nitrogens with zero attached hydrogens (tertiary/aromatic N) is 1. The lowest BCUT2D eigenvalue weighted by atomic mass is 10.0. The Hall–Kier alpha value is -3.31. The second-order valence-electron chi connectivity index (χ2n) is 7.98. The Balaban J connectivity index is 1.31. The molecular weight excluding hydrogens is 386 g/mol. The smallest absolute Gasteiger partial charge is 0.279 e. The first-order valence-electron chi connectivity index (χ1n) is 10.9.